The Morgan fingerprint density at radius 2 is 2.00 bits per heavy atom. The van der Waals surface area contributed by atoms with Crippen molar-refractivity contribution in [1.29, 1.82) is 0 Å². The molecule has 1 aromatic rings. The van der Waals surface area contributed by atoms with Crippen molar-refractivity contribution in [2.75, 3.05) is 0 Å². The Bertz CT molecular complexity index is 320. The minimum Gasteiger partial charge on any atom is -0.354 e. The van der Waals surface area contributed by atoms with Crippen LogP contribution in [0.4, 0.5) is 0 Å². The Kier molecular flexibility index (Phi) is 7.14. The third kappa shape index (κ3) is 7.09. The van der Waals surface area contributed by atoms with Gasteiger partial charge in [0, 0.05) is 31.3 Å². The second-order valence-corrected chi connectivity index (χ2v) is 5.03. The van der Waals surface area contributed by atoms with Crippen LogP contribution in [0.25, 0.3) is 0 Å². The molecule has 0 radical (unpaired) electrons. The van der Waals surface area contributed by atoms with Crippen molar-refractivity contribution < 1.29 is 4.79 Å². The summed E-state index contributed by atoms with van der Waals surface area (Å²) in [4.78, 5) is 18.7. The Balaban J connectivity index is 1.88. The van der Waals surface area contributed by atoms with Gasteiger partial charge in [-0.15, -0.1) is 0 Å². The van der Waals surface area contributed by atoms with Gasteiger partial charge in [0.2, 0.25) is 5.91 Å². The highest BCUT2D eigenvalue weighted by Gasteiger charge is 2.02. The van der Waals surface area contributed by atoms with Gasteiger partial charge >= 0.3 is 0 Å². The van der Waals surface area contributed by atoms with E-state index in [0.717, 1.165) is 25.1 Å². The van der Waals surface area contributed by atoms with Crippen LogP contribution in [0.5, 0.6) is 0 Å². The number of rotatable bonds is 9. The van der Waals surface area contributed by atoms with Crippen LogP contribution in [0.1, 0.15) is 58.2 Å². The molecule has 0 aliphatic carbocycles. The first-order chi connectivity index (χ1) is 8.68. The molecule has 1 rings (SSSR count). The number of unbranched alkanes of at least 4 members (excludes halogenated alkanes) is 4. The van der Waals surface area contributed by atoms with Crippen LogP contribution in [-0.4, -0.2) is 21.9 Å². The number of nitrogens with one attached hydrogen (secondary N) is 2. The molecule has 1 heterocycles. The highest BCUT2D eigenvalue weighted by atomic mass is 16.1. The number of aromatic nitrogens is 2. The second-order valence-electron chi connectivity index (χ2n) is 5.03. The van der Waals surface area contributed by atoms with Gasteiger partial charge in [-0.3, -0.25) is 4.79 Å². The van der Waals surface area contributed by atoms with E-state index >= 15 is 0 Å². The molecule has 0 aliphatic heterocycles. The molecule has 0 unspecified atom stereocenters. The normalized spacial score (nSPS) is 10.8. The molecular weight excluding hydrogens is 226 g/mol. The molecule has 0 aromatic carbocycles. The fraction of sp³-hybridized carbons (Fsp3) is 0.714. The Morgan fingerprint density at radius 1 is 1.28 bits per heavy atom. The number of aryl methyl sites for hydroxylation is 1. The van der Waals surface area contributed by atoms with Gasteiger partial charge in [0.1, 0.15) is 5.82 Å². The fourth-order valence-corrected chi connectivity index (χ4v) is 1.94. The fourth-order valence-electron chi connectivity index (χ4n) is 1.94. The lowest BCUT2D eigenvalue weighted by atomic mass is 10.1. The van der Waals surface area contributed by atoms with Crippen molar-refractivity contribution >= 4 is 5.91 Å². The first-order valence-corrected chi connectivity index (χ1v) is 6.96. The summed E-state index contributed by atoms with van der Waals surface area (Å²) < 4.78 is 0. The Hall–Kier alpha value is -1.32. The third-order valence-corrected chi connectivity index (χ3v) is 2.82. The lowest BCUT2D eigenvalue weighted by Gasteiger charge is -2.07. The van der Waals surface area contributed by atoms with Crippen LogP contribution in [0, 0.1) is 0 Å². The van der Waals surface area contributed by atoms with Gasteiger partial charge in [-0.2, -0.15) is 0 Å². The van der Waals surface area contributed by atoms with E-state index in [4.69, 9.17) is 0 Å². The smallest absolute Gasteiger partial charge is 0.220 e. The van der Waals surface area contributed by atoms with E-state index in [1.807, 2.05) is 20.0 Å². The second kappa shape index (κ2) is 8.72. The molecular formula is C14H25N3O. The highest BCUT2D eigenvalue weighted by molar-refractivity contribution is 5.76. The Morgan fingerprint density at radius 3 is 2.67 bits per heavy atom. The number of hydrogen-bond acceptors (Lipinski definition) is 2. The molecule has 0 bridgehead atoms. The van der Waals surface area contributed by atoms with Crippen molar-refractivity contribution in [3.8, 4) is 0 Å². The van der Waals surface area contributed by atoms with Crippen LogP contribution in [0.15, 0.2) is 12.4 Å². The van der Waals surface area contributed by atoms with Gasteiger partial charge in [0.25, 0.3) is 0 Å². The van der Waals surface area contributed by atoms with E-state index < -0.39 is 0 Å². The molecule has 2 N–H and O–H groups in total. The summed E-state index contributed by atoms with van der Waals surface area (Å²) in [5, 5.41) is 2.91. The zero-order valence-corrected chi connectivity index (χ0v) is 11.5. The van der Waals surface area contributed by atoms with Gasteiger partial charge in [-0.1, -0.05) is 19.3 Å². The van der Waals surface area contributed by atoms with Gasteiger partial charge in [-0.05, 0) is 26.7 Å². The van der Waals surface area contributed by atoms with Gasteiger partial charge in [0.15, 0.2) is 0 Å². The van der Waals surface area contributed by atoms with Crippen LogP contribution < -0.4 is 5.32 Å². The van der Waals surface area contributed by atoms with Crippen molar-refractivity contribution in [2.24, 2.45) is 0 Å². The maximum atomic E-state index is 11.4. The molecule has 0 saturated heterocycles. The van der Waals surface area contributed by atoms with E-state index in [-0.39, 0.29) is 11.9 Å². The summed E-state index contributed by atoms with van der Waals surface area (Å²) in [6.07, 6.45) is 11.1. The van der Waals surface area contributed by atoms with Crippen molar-refractivity contribution in [1.82, 2.24) is 15.3 Å². The standard InChI is InChI=1S/C14H25N3O/c1-12(2)17-14(18)9-7-5-3-4-6-8-13-15-10-11-16-13/h10-12H,3-9H2,1-2H3,(H,15,16)(H,17,18). The summed E-state index contributed by atoms with van der Waals surface area (Å²) in [6.45, 7) is 3.99. The maximum absolute atomic E-state index is 11.4. The average Bonchev–Trinajstić information content (AvgIpc) is 2.79. The third-order valence-electron chi connectivity index (χ3n) is 2.82. The van der Waals surface area contributed by atoms with E-state index in [9.17, 15) is 4.79 Å². The van der Waals surface area contributed by atoms with Gasteiger partial charge in [-0.25, -0.2) is 4.98 Å². The highest BCUT2D eigenvalue weighted by Crippen LogP contribution is 2.07. The molecule has 0 saturated carbocycles. The minimum atomic E-state index is 0.181. The van der Waals surface area contributed by atoms with Crippen LogP contribution in [0.2, 0.25) is 0 Å². The lowest BCUT2D eigenvalue weighted by molar-refractivity contribution is -0.121. The molecule has 102 valence electrons. The summed E-state index contributed by atoms with van der Waals surface area (Å²) in [7, 11) is 0. The van der Waals surface area contributed by atoms with Crippen molar-refractivity contribution in [3.05, 3.63) is 18.2 Å². The number of carbonyl (C=O) groups excluding carboxylic acids is 1. The van der Waals surface area contributed by atoms with Crippen molar-refractivity contribution in [2.45, 2.75) is 64.8 Å². The van der Waals surface area contributed by atoms with Crippen LogP contribution in [-0.2, 0) is 11.2 Å². The number of amides is 1. The largest absolute Gasteiger partial charge is 0.354 e. The van der Waals surface area contributed by atoms with E-state index in [2.05, 4.69) is 15.3 Å². The van der Waals surface area contributed by atoms with E-state index in [0.29, 0.717) is 6.42 Å². The molecule has 1 aromatic heterocycles. The molecule has 0 fully saturated rings. The number of carbonyl (C=O) groups is 1. The molecule has 0 atom stereocenters. The number of aromatic amines is 1. The molecule has 4 nitrogen and oxygen atoms in total. The summed E-state index contributed by atoms with van der Waals surface area (Å²) >= 11 is 0. The Labute approximate surface area is 110 Å². The zero-order valence-electron chi connectivity index (χ0n) is 11.5. The lowest BCUT2D eigenvalue weighted by Crippen LogP contribution is -2.29. The van der Waals surface area contributed by atoms with Crippen LogP contribution >= 0.6 is 0 Å². The zero-order chi connectivity index (χ0) is 13.2. The van der Waals surface area contributed by atoms with E-state index in [1.54, 1.807) is 6.20 Å². The van der Waals surface area contributed by atoms with Crippen LogP contribution in [0.3, 0.4) is 0 Å². The molecule has 18 heavy (non-hydrogen) atoms. The molecule has 1 amide bonds. The maximum Gasteiger partial charge on any atom is 0.220 e. The average molecular weight is 251 g/mol. The topological polar surface area (TPSA) is 57.8 Å². The predicted molar refractivity (Wildman–Crippen MR) is 73.3 cm³/mol. The van der Waals surface area contributed by atoms with Crippen molar-refractivity contribution in [3.63, 3.8) is 0 Å². The predicted octanol–water partition coefficient (Wildman–Crippen LogP) is 2.82. The summed E-state index contributed by atoms with van der Waals surface area (Å²) in [5.41, 5.74) is 0. The quantitative estimate of drug-likeness (QED) is 0.663. The summed E-state index contributed by atoms with van der Waals surface area (Å²) in [5.74, 6) is 1.26. The first-order valence-electron chi connectivity index (χ1n) is 6.96. The number of imidazole rings is 1. The minimum absolute atomic E-state index is 0.181. The number of nitrogens with zero attached hydrogens (tertiary/aromatic N) is 1. The van der Waals surface area contributed by atoms with E-state index in [1.165, 1.54) is 19.3 Å². The monoisotopic (exact) mass is 251 g/mol. The number of H-pyrrole nitrogens is 1. The number of hydrogen-bond donors (Lipinski definition) is 2. The first kappa shape index (κ1) is 14.7. The molecule has 0 spiro atoms. The molecule has 4 heteroatoms. The molecule has 0 aliphatic rings. The summed E-state index contributed by atoms with van der Waals surface area (Å²) in [6, 6.07) is 0.255. The SMILES string of the molecule is CC(C)NC(=O)CCCCCCCc1ncc[nH]1. The van der Waals surface area contributed by atoms with Gasteiger partial charge < -0.3 is 10.3 Å². The van der Waals surface area contributed by atoms with Gasteiger partial charge in [0.05, 0.1) is 0 Å².